The van der Waals surface area contributed by atoms with Crippen molar-refractivity contribution in [2.45, 2.75) is 19.3 Å². The van der Waals surface area contributed by atoms with E-state index in [0.29, 0.717) is 5.95 Å². The Morgan fingerprint density at radius 3 is 1.70 bits per heavy atom. The Labute approximate surface area is 380 Å². The normalized spacial score (nSPS) is 13.1. The highest BCUT2D eigenvalue weighted by atomic mass is 16.3. The highest BCUT2D eigenvalue weighted by molar-refractivity contribution is 6.18. The molecule has 13 aromatic rings. The number of hydrogen-bond acceptors (Lipinski definition) is 3. The van der Waals surface area contributed by atoms with E-state index >= 15 is 0 Å². The molecule has 5 heteroatoms. The van der Waals surface area contributed by atoms with E-state index in [-0.39, 0.29) is 5.41 Å². The van der Waals surface area contributed by atoms with Gasteiger partial charge in [-0.25, -0.2) is 9.97 Å². The van der Waals surface area contributed by atoms with Crippen molar-refractivity contribution in [3.8, 4) is 56.4 Å². The molecule has 66 heavy (non-hydrogen) atoms. The first-order chi connectivity index (χ1) is 32.5. The zero-order valence-corrected chi connectivity index (χ0v) is 36.3. The third kappa shape index (κ3) is 5.34. The highest BCUT2D eigenvalue weighted by Gasteiger charge is 2.36. The molecule has 0 N–H and O–H groups in total. The lowest BCUT2D eigenvalue weighted by molar-refractivity contribution is 0.661. The molecule has 4 aromatic heterocycles. The van der Waals surface area contributed by atoms with Gasteiger partial charge in [0.2, 0.25) is 5.95 Å². The molecule has 0 spiro atoms. The molecule has 0 bridgehead atoms. The summed E-state index contributed by atoms with van der Waals surface area (Å²) < 4.78 is 11.4. The summed E-state index contributed by atoms with van der Waals surface area (Å²) in [7, 11) is 0. The first-order valence-electron chi connectivity index (χ1n) is 22.6. The van der Waals surface area contributed by atoms with Crippen molar-refractivity contribution in [2.24, 2.45) is 0 Å². The third-order valence-corrected chi connectivity index (χ3v) is 14.1. The molecule has 0 radical (unpaired) electrons. The number of benzene rings is 9. The maximum Gasteiger partial charge on any atom is 0.235 e. The van der Waals surface area contributed by atoms with Crippen LogP contribution in [0.3, 0.4) is 0 Å². The van der Waals surface area contributed by atoms with Crippen LogP contribution >= 0.6 is 0 Å². The lowest BCUT2D eigenvalue weighted by atomic mass is 9.82. The van der Waals surface area contributed by atoms with E-state index in [1.165, 1.54) is 44.1 Å². The average molecular weight is 845 g/mol. The van der Waals surface area contributed by atoms with Crippen LogP contribution in [0.15, 0.2) is 211 Å². The Morgan fingerprint density at radius 1 is 0.364 bits per heavy atom. The quantitative estimate of drug-likeness (QED) is 0.173. The van der Waals surface area contributed by atoms with Crippen LogP contribution in [0.25, 0.3) is 122 Å². The van der Waals surface area contributed by atoms with Gasteiger partial charge in [0.25, 0.3) is 0 Å². The second-order valence-electron chi connectivity index (χ2n) is 18.2. The van der Waals surface area contributed by atoms with Crippen LogP contribution in [0, 0.1) is 0 Å². The summed E-state index contributed by atoms with van der Waals surface area (Å²) >= 11 is 0. The van der Waals surface area contributed by atoms with Crippen LogP contribution in [0.1, 0.15) is 25.0 Å². The summed E-state index contributed by atoms with van der Waals surface area (Å²) in [6, 6.07) is 74.0. The molecule has 1 aliphatic rings. The van der Waals surface area contributed by atoms with Crippen LogP contribution in [0.5, 0.6) is 0 Å². The second-order valence-corrected chi connectivity index (χ2v) is 18.2. The van der Waals surface area contributed by atoms with Crippen molar-refractivity contribution >= 4 is 65.6 Å². The van der Waals surface area contributed by atoms with Crippen molar-refractivity contribution in [3.63, 3.8) is 0 Å². The smallest absolute Gasteiger partial charge is 0.235 e. The van der Waals surface area contributed by atoms with Gasteiger partial charge in [0.05, 0.1) is 33.5 Å². The van der Waals surface area contributed by atoms with Crippen molar-refractivity contribution in [1.82, 2.24) is 19.1 Å². The summed E-state index contributed by atoms with van der Waals surface area (Å²) in [5.74, 6) is 0.612. The fraction of sp³-hybridized carbons (Fsp3) is 0.0492. The summed E-state index contributed by atoms with van der Waals surface area (Å²) in [6.07, 6.45) is 0. The number of furan rings is 1. The molecule has 5 nitrogen and oxygen atoms in total. The zero-order valence-electron chi connectivity index (χ0n) is 36.3. The first-order valence-corrected chi connectivity index (χ1v) is 22.6. The third-order valence-electron chi connectivity index (χ3n) is 14.1. The Bertz CT molecular complexity index is 4060. The van der Waals surface area contributed by atoms with Crippen molar-refractivity contribution in [3.05, 3.63) is 217 Å². The van der Waals surface area contributed by atoms with Gasteiger partial charge >= 0.3 is 0 Å². The van der Waals surface area contributed by atoms with Crippen LogP contribution in [0.4, 0.5) is 0 Å². The molecular formula is C61H40N4O. The Balaban J connectivity index is 0.953. The number of fused-ring (bicyclic) bond motifs is 12. The highest BCUT2D eigenvalue weighted by Crippen LogP contribution is 2.51. The van der Waals surface area contributed by atoms with Gasteiger partial charge in [0.15, 0.2) is 0 Å². The molecule has 0 unspecified atom stereocenters. The van der Waals surface area contributed by atoms with E-state index in [1.54, 1.807) is 0 Å². The lowest BCUT2D eigenvalue weighted by Crippen LogP contribution is -2.14. The molecular weight excluding hydrogens is 805 g/mol. The fourth-order valence-electron chi connectivity index (χ4n) is 10.9. The average Bonchev–Trinajstić information content (AvgIpc) is 4.07. The molecule has 0 fully saturated rings. The molecule has 9 aromatic carbocycles. The molecule has 310 valence electrons. The molecule has 0 aliphatic heterocycles. The number of nitrogens with zero attached hydrogens (tertiary/aromatic N) is 4. The van der Waals surface area contributed by atoms with Gasteiger partial charge in [-0.15, -0.1) is 0 Å². The van der Waals surface area contributed by atoms with Gasteiger partial charge in [-0.3, -0.25) is 4.57 Å². The topological polar surface area (TPSA) is 48.8 Å². The van der Waals surface area contributed by atoms with Gasteiger partial charge in [-0.2, -0.15) is 0 Å². The second kappa shape index (κ2) is 13.7. The number of rotatable bonds is 5. The predicted octanol–water partition coefficient (Wildman–Crippen LogP) is 15.9. The standard InChI is InChI=1S/C61H40N4O/c1-61(2)50-24-14-12-22-42(50)44-32-47-45-30-39(26-28-55(45)64(56(47)34-51(44)61)41-20-10-5-11-21-41)40-27-29-58-48(31-40)49-33-46-43-23-13-15-25-54(43)65(57(46)36-59(49)66-58)60-62-52(37-16-6-3-7-17-37)35-53(63-60)38-18-8-4-9-19-38/h3-36H,1-2H3. The molecule has 0 atom stereocenters. The van der Waals surface area contributed by atoms with Crippen molar-refractivity contribution < 1.29 is 4.42 Å². The Morgan fingerprint density at radius 2 is 0.939 bits per heavy atom. The van der Waals surface area contributed by atoms with E-state index in [1.807, 2.05) is 12.1 Å². The zero-order chi connectivity index (χ0) is 43.7. The van der Waals surface area contributed by atoms with E-state index < -0.39 is 0 Å². The minimum Gasteiger partial charge on any atom is -0.456 e. The minimum atomic E-state index is -0.0976. The van der Waals surface area contributed by atoms with Gasteiger partial charge in [0, 0.05) is 60.6 Å². The van der Waals surface area contributed by atoms with E-state index in [9.17, 15) is 0 Å². The maximum absolute atomic E-state index is 6.74. The van der Waals surface area contributed by atoms with Gasteiger partial charge in [0.1, 0.15) is 11.2 Å². The summed E-state index contributed by atoms with van der Waals surface area (Å²) in [4.78, 5) is 10.5. The van der Waals surface area contributed by atoms with Crippen molar-refractivity contribution in [1.29, 1.82) is 0 Å². The summed E-state index contributed by atoms with van der Waals surface area (Å²) in [5, 5.41) is 6.89. The minimum absolute atomic E-state index is 0.0976. The lowest BCUT2D eigenvalue weighted by Gasteiger charge is -2.21. The van der Waals surface area contributed by atoms with Crippen LogP contribution in [-0.4, -0.2) is 19.1 Å². The first kappa shape index (κ1) is 36.9. The monoisotopic (exact) mass is 844 g/mol. The fourth-order valence-corrected chi connectivity index (χ4v) is 10.9. The summed E-state index contributed by atoms with van der Waals surface area (Å²) in [5.41, 5.74) is 18.7. The van der Waals surface area contributed by atoms with E-state index in [2.05, 4.69) is 217 Å². The SMILES string of the molecule is CC1(C)c2ccccc2-c2cc3c4cc(-c5ccc6oc7cc8c(cc7c6c5)c5ccccc5n8-c5nc(-c6ccccc6)cc(-c6ccccc6)n5)ccc4n(-c4ccccc4)c3cc21. The molecule has 0 saturated carbocycles. The number of para-hydroxylation sites is 2. The maximum atomic E-state index is 6.74. The van der Waals surface area contributed by atoms with Gasteiger partial charge in [-0.05, 0) is 100 Å². The van der Waals surface area contributed by atoms with Crippen molar-refractivity contribution in [2.75, 3.05) is 0 Å². The largest absolute Gasteiger partial charge is 0.456 e. The Hall–Kier alpha value is -8.54. The molecule has 14 rings (SSSR count). The molecule has 1 aliphatic carbocycles. The summed E-state index contributed by atoms with van der Waals surface area (Å²) in [6.45, 7) is 4.72. The number of hydrogen-bond donors (Lipinski definition) is 0. The van der Waals surface area contributed by atoms with E-state index in [0.717, 1.165) is 83.1 Å². The van der Waals surface area contributed by atoms with Gasteiger partial charge in [-0.1, -0.05) is 147 Å². The van der Waals surface area contributed by atoms with Crippen LogP contribution in [-0.2, 0) is 5.41 Å². The molecule has 0 saturated heterocycles. The molecule has 4 heterocycles. The number of aromatic nitrogens is 4. The van der Waals surface area contributed by atoms with Crippen LogP contribution < -0.4 is 0 Å². The van der Waals surface area contributed by atoms with Crippen LogP contribution in [0.2, 0.25) is 0 Å². The van der Waals surface area contributed by atoms with Gasteiger partial charge < -0.3 is 8.98 Å². The molecule has 0 amide bonds. The van der Waals surface area contributed by atoms with E-state index in [4.69, 9.17) is 14.4 Å². The Kier molecular flexibility index (Phi) is 7.68. The predicted molar refractivity (Wildman–Crippen MR) is 272 cm³/mol.